The molecule has 174 valence electrons. The third-order valence-electron chi connectivity index (χ3n) is 3.52. The van der Waals surface area contributed by atoms with Crippen LogP contribution in [0.2, 0.25) is 0 Å². The molecule has 0 aromatic rings. The van der Waals surface area contributed by atoms with E-state index >= 15 is 0 Å². The van der Waals surface area contributed by atoms with Gasteiger partial charge in [0, 0.05) is 32.7 Å². The van der Waals surface area contributed by atoms with Gasteiger partial charge in [-0.1, -0.05) is 4.13 Å². The Labute approximate surface area is 159 Å². The minimum Gasteiger partial charge on any atom is -0.300 e. The van der Waals surface area contributed by atoms with Gasteiger partial charge in [0.25, 0.3) is 10.0 Å². The van der Waals surface area contributed by atoms with Crippen LogP contribution in [-0.2, 0) is 30.1 Å². The maximum Gasteiger partial charge on any atom is 0.512 e. The summed E-state index contributed by atoms with van der Waals surface area (Å²) in [6, 6.07) is 0. The molecule has 1 rings (SSSR count). The average Bonchev–Trinajstić information content (AvgIpc) is 2.50. The van der Waals surface area contributed by atoms with E-state index in [-0.39, 0.29) is 8.43 Å². The van der Waals surface area contributed by atoms with Crippen LogP contribution in [0.1, 0.15) is 6.42 Å². The second kappa shape index (κ2) is 8.02. The number of halogens is 8. The zero-order chi connectivity index (χ0) is 23.1. The molecule has 0 aliphatic carbocycles. The van der Waals surface area contributed by atoms with Crippen LogP contribution in [0.3, 0.4) is 0 Å². The summed E-state index contributed by atoms with van der Waals surface area (Å²) in [5.74, 6) is 0. The molecule has 0 saturated carbocycles. The maximum absolute atomic E-state index is 14.0. The van der Waals surface area contributed by atoms with Gasteiger partial charge in [-0.05, 0) is 0 Å². The van der Waals surface area contributed by atoms with Crippen molar-refractivity contribution in [3.8, 4) is 0 Å². The van der Waals surface area contributed by atoms with Crippen molar-refractivity contribution in [2.24, 2.45) is 0 Å². The number of alkyl halides is 8. The molecular weight excluding hydrogens is 494 g/mol. The highest BCUT2D eigenvalue weighted by Gasteiger charge is 2.63. The minimum atomic E-state index is -6.93. The number of hydrogen-bond acceptors (Lipinski definition) is 7. The van der Waals surface area contributed by atoms with Gasteiger partial charge in [-0.15, -0.1) is 0 Å². The third-order valence-corrected chi connectivity index (χ3v) is 9.45. The van der Waals surface area contributed by atoms with Crippen LogP contribution in [0, 0.1) is 0 Å². The Morgan fingerprint density at radius 2 is 1.17 bits per heavy atom. The second-order valence-corrected chi connectivity index (χ2v) is 11.5. The van der Waals surface area contributed by atoms with E-state index in [1.54, 1.807) is 0 Å². The van der Waals surface area contributed by atoms with E-state index in [1.165, 1.54) is 0 Å². The minimum absolute atomic E-state index is 0.170. The van der Waals surface area contributed by atoms with Gasteiger partial charge in [-0.3, -0.25) is 0 Å². The van der Waals surface area contributed by atoms with Crippen molar-refractivity contribution in [1.82, 2.24) is 13.3 Å². The van der Waals surface area contributed by atoms with Gasteiger partial charge >= 0.3 is 36.3 Å². The average molecular weight is 507 g/mol. The highest BCUT2D eigenvalue weighted by Crippen LogP contribution is 2.33. The van der Waals surface area contributed by atoms with Crippen molar-refractivity contribution >= 4 is 30.1 Å². The first-order valence-electron chi connectivity index (χ1n) is 7.15. The molecule has 0 amide bonds. The van der Waals surface area contributed by atoms with Gasteiger partial charge < -0.3 is 4.90 Å². The van der Waals surface area contributed by atoms with E-state index in [0.717, 1.165) is 4.90 Å². The van der Waals surface area contributed by atoms with E-state index in [1.807, 2.05) is 0 Å². The Morgan fingerprint density at radius 3 is 1.55 bits per heavy atom. The molecule has 0 aromatic heterocycles. The van der Waals surface area contributed by atoms with E-state index in [4.69, 9.17) is 0 Å². The number of hydrogen-bond donors (Lipinski definition) is 1. The first-order valence-corrected chi connectivity index (χ1v) is 11.6. The van der Waals surface area contributed by atoms with Gasteiger partial charge in [0.2, 0.25) is 0 Å². The smallest absolute Gasteiger partial charge is 0.300 e. The second-order valence-electron chi connectivity index (χ2n) is 5.61. The molecule has 1 fully saturated rings. The topological polar surface area (TPSA) is 121 Å². The highest BCUT2D eigenvalue weighted by atomic mass is 32.3. The fourth-order valence-electron chi connectivity index (χ4n) is 2.01. The lowest BCUT2D eigenvalue weighted by atomic mass is 10.3. The lowest BCUT2D eigenvalue weighted by Crippen LogP contribution is -2.58. The summed E-state index contributed by atoms with van der Waals surface area (Å²) in [6.45, 7) is -3.44. The molecule has 1 heterocycles. The van der Waals surface area contributed by atoms with Crippen molar-refractivity contribution in [1.29, 1.82) is 0 Å². The standard InChI is InChI=1S/C9H13F8N3O6S3/c10-7(11,12)1-2-19-3-5-20(6-4-19)29(25,26)9(16,17)28(23,24)18-27(21,22)8(13,14)15/h18H,1-6H2. The number of sulfonamides is 3. The van der Waals surface area contributed by atoms with Gasteiger partial charge in [0.1, 0.15) is 0 Å². The van der Waals surface area contributed by atoms with Gasteiger partial charge in [-0.2, -0.15) is 39.4 Å². The molecule has 29 heavy (non-hydrogen) atoms. The summed E-state index contributed by atoms with van der Waals surface area (Å²) in [5.41, 5.74) is -6.33. The summed E-state index contributed by atoms with van der Waals surface area (Å²) >= 11 is 0. The SMILES string of the molecule is O=S(=O)(NS(=O)(=O)C(F)(F)S(=O)(=O)N1CCN(CCC(F)(F)F)CC1)C(F)(F)F. The molecule has 0 radical (unpaired) electrons. The van der Waals surface area contributed by atoms with E-state index in [0.29, 0.717) is 0 Å². The molecule has 1 aliphatic rings. The predicted octanol–water partition coefficient (Wildman–Crippen LogP) is 0.205. The first kappa shape index (κ1) is 26.2. The van der Waals surface area contributed by atoms with Crippen LogP contribution in [0.5, 0.6) is 0 Å². The van der Waals surface area contributed by atoms with Crippen molar-refractivity contribution in [3.63, 3.8) is 0 Å². The van der Waals surface area contributed by atoms with E-state index < -0.39 is 85.5 Å². The molecular formula is C9H13F8N3O6S3. The van der Waals surface area contributed by atoms with Gasteiger partial charge in [0.15, 0.2) is 0 Å². The largest absolute Gasteiger partial charge is 0.512 e. The van der Waals surface area contributed by atoms with Crippen molar-refractivity contribution < 1.29 is 60.4 Å². The van der Waals surface area contributed by atoms with E-state index in [9.17, 15) is 60.4 Å². The van der Waals surface area contributed by atoms with Crippen LogP contribution < -0.4 is 4.13 Å². The molecule has 9 nitrogen and oxygen atoms in total. The summed E-state index contributed by atoms with van der Waals surface area (Å²) in [5, 5.41) is 0. The van der Waals surface area contributed by atoms with Crippen LogP contribution in [0.25, 0.3) is 0 Å². The number of piperazine rings is 1. The summed E-state index contributed by atoms with van der Waals surface area (Å²) in [6.07, 6.45) is -5.83. The fourth-order valence-corrected chi connectivity index (χ4v) is 6.61. The monoisotopic (exact) mass is 507 g/mol. The van der Waals surface area contributed by atoms with Crippen molar-refractivity contribution in [3.05, 3.63) is 0 Å². The Bertz CT molecular complexity index is 904. The maximum atomic E-state index is 14.0. The Kier molecular flexibility index (Phi) is 7.25. The molecule has 1 aliphatic heterocycles. The molecule has 20 heteroatoms. The van der Waals surface area contributed by atoms with Crippen molar-refractivity contribution in [2.75, 3.05) is 32.7 Å². The number of nitrogens with zero attached hydrogens (tertiary/aromatic N) is 2. The Morgan fingerprint density at radius 1 is 0.724 bits per heavy atom. The van der Waals surface area contributed by atoms with Crippen LogP contribution in [0.4, 0.5) is 35.1 Å². The Hall–Kier alpha value is -0.830. The molecule has 0 spiro atoms. The molecule has 1 N–H and O–H groups in total. The molecule has 0 aromatic carbocycles. The van der Waals surface area contributed by atoms with Crippen LogP contribution in [0.15, 0.2) is 0 Å². The molecule has 0 unspecified atom stereocenters. The van der Waals surface area contributed by atoms with Crippen molar-refractivity contribution in [2.45, 2.75) is 22.7 Å². The quantitative estimate of drug-likeness (QED) is 0.489. The fraction of sp³-hybridized carbons (Fsp3) is 1.00. The Balaban J connectivity index is 2.99. The first-order chi connectivity index (χ1) is 12.6. The highest BCUT2D eigenvalue weighted by molar-refractivity contribution is 8.13. The van der Waals surface area contributed by atoms with E-state index in [2.05, 4.69) is 0 Å². The molecule has 0 atom stereocenters. The zero-order valence-corrected chi connectivity index (χ0v) is 16.3. The van der Waals surface area contributed by atoms with Crippen LogP contribution >= 0.6 is 0 Å². The lowest BCUT2D eigenvalue weighted by Gasteiger charge is -2.35. The van der Waals surface area contributed by atoms with Gasteiger partial charge in [-0.25, -0.2) is 25.3 Å². The van der Waals surface area contributed by atoms with Gasteiger partial charge in [0.05, 0.1) is 6.42 Å². The zero-order valence-electron chi connectivity index (χ0n) is 13.8. The predicted molar refractivity (Wildman–Crippen MR) is 79.6 cm³/mol. The summed E-state index contributed by atoms with van der Waals surface area (Å²) in [7, 11) is -20.0. The number of nitrogens with one attached hydrogen (secondary N) is 1. The van der Waals surface area contributed by atoms with Crippen LogP contribution in [-0.4, -0.2) is 83.5 Å². The third kappa shape index (κ3) is 5.87. The normalized spacial score (nSPS) is 19.4. The molecule has 0 bridgehead atoms. The molecule has 1 saturated heterocycles. The summed E-state index contributed by atoms with van der Waals surface area (Å²) in [4.78, 5) is 1.04. The number of rotatable bonds is 7. The lowest BCUT2D eigenvalue weighted by molar-refractivity contribution is -0.138. The summed E-state index contributed by atoms with van der Waals surface area (Å²) < 4.78 is 163.